The minimum atomic E-state index is -0.489. The Morgan fingerprint density at radius 2 is 2.22 bits per heavy atom. The zero-order valence-corrected chi connectivity index (χ0v) is 10.4. The molecule has 0 N–H and O–H groups in total. The Bertz CT molecular complexity index is 469. The number of hydrogen-bond acceptors (Lipinski definition) is 3. The van der Waals surface area contributed by atoms with Gasteiger partial charge in [-0.05, 0) is 26.0 Å². The maximum atomic E-state index is 13.7. The van der Waals surface area contributed by atoms with Gasteiger partial charge in [-0.3, -0.25) is 0 Å². The highest BCUT2D eigenvalue weighted by Crippen LogP contribution is 2.13. The molecule has 0 aromatic heterocycles. The molecule has 0 aliphatic rings. The number of benzene rings is 1. The van der Waals surface area contributed by atoms with Gasteiger partial charge in [0.05, 0.1) is 24.8 Å². The summed E-state index contributed by atoms with van der Waals surface area (Å²) in [5, 5.41) is 8.64. The quantitative estimate of drug-likeness (QED) is 0.825. The van der Waals surface area contributed by atoms with E-state index in [1.165, 1.54) is 17.0 Å². The summed E-state index contributed by atoms with van der Waals surface area (Å²) in [5.41, 5.74) is 0.624. The molecule has 0 radical (unpaired) electrons. The van der Waals surface area contributed by atoms with Crippen LogP contribution in [0.1, 0.15) is 25.0 Å². The Balaban J connectivity index is 2.82. The van der Waals surface area contributed by atoms with Gasteiger partial charge in [0.25, 0.3) is 0 Å². The van der Waals surface area contributed by atoms with Crippen molar-refractivity contribution in [2.45, 2.75) is 20.4 Å². The van der Waals surface area contributed by atoms with Crippen LogP contribution in [-0.2, 0) is 11.3 Å². The lowest BCUT2D eigenvalue weighted by molar-refractivity contribution is 0.106. The molecule has 1 amide bonds. The van der Waals surface area contributed by atoms with Crippen molar-refractivity contribution in [1.29, 1.82) is 5.26 Å². The number of carbonyl (C=O) groups excluding carboxylic acids is 1. The summed E-state index contributed by atoms with van der Waals surface area (Å²) in [6, 6.07) is 6.06. The lowest BCUT2D eigenvalue weighted by Crippen LogP contribution is -2.31. The zero-order valence-electron chi connectivity index (χ0n) is 10.4. The molecule has 0 bridgehead atoms. The second-order valence-electron chi connectivity index (χ2n) is 3.63. The summed E-state index contributed by atoms with van der Waals surface area (Å²) in [4.78, 5) is 12.9. The molecule has 0 aliphatic carbocycles. The van der Waals surface area contributed by atoms with Gasteiger partial charge in [-0.1, -0.05) is 6.07 Å². The van der Waals surface area contributed by atoms with Crippen molar-refractivity contribution in [2.75, 3.05) is 13.2 Å². The van der Waals surface area contributed by atoms with E-state index in [0.29, 0.717) is 12.1 Å². The van der Waals surface area contributed by atoms with E-state index in [2.05, 4.69) is 0 Å². The lowest BCUT2D eigenvalue weighted by Gasteiger charge is -2.20. The van der Waals surface area contributed by atoms with Crippen molar-refractivity contribution in [3.05, 3.63) is 35.1 Å². The third-order valence-electron chi connectivity index (χ3n) is 2.45. The number of nitrogens with zero attached hydrogens (tertiary/aromatic N) is 2. The highest BCUT2D eigenvalue weighted by atomic mass is 19.1. The number of halogens is 1. The van der Waals surface area contributed by atoms with E-state index in [1.807, 2.05) is 6.07 Å². The van der Waals surface area contributed by atoms with Gasteiger partial charge in [0.1, 0.15) is 5.82 Å². The normalized spacial score (nSPS) is 9.67. The first-order chi connectivity index (χ1) is 8.62. The van der Waals surface area contributed by atoms with Crippen LogP contribution in [0, 0.1) is 17.1 Å². The molecule has 4 nitrogen and oxygen atoms in total. The number of ether oxygens (including phenoxy) is 1. The van der Waals surface area contributed by atoms with Crippen LogP contribution in [0.2, 0.25) is 0 Å². The highest BCUT2D eigenvalue weighted by molar-refractivity contribution is 5.67. The molecule has 0 heterocycles. The molecule has 5 heteroatoms. The number of nitriles is 1. The van der Waals surface area contributed by atoms with Gasteiger partial charge in [0.15, 0.2) is 0 Å². The van der Waals surface area contributed by atoms with Crippen molar-refractivity contribution in [1.82, 2.24) is 4.90 Å². The second kappa shape index (κ2) is 6.60. The van der Waals surface area contributed by atoms with Crippen molar-refractivity contribution in [3.63, 3.8) is 0 Å². The molecule has 96 valence electrons. The van der Waals surface area contributed by atoms with Crippen molar-refractivity contribution < 1.29 is 13.9 Å². The molecule has 0 saturated carbocycles. The van der Waals surface area contributed by atoms with E-state index in [-0.39, 0.29) is 18.7 Å². The largest absolute Gasteiger partial charge is 0.450 e. The predicted octanol–water partition coefficient (Wildman–Crippen LogP) is 2.68. The van der Waals surface area contributed by atoms with E-state index in [0.717, 1.165) is 6.07 Å². The number of carbonyl (C=O) groups is 1. The molecular formula is C13H15FN2O2. The van der Waals surface area contributed by atoms with Crippen LogP contribution in [0.3, 0.4) is 0 Å². The zero-order chi connectivity index (χ0) is 13.5. The van der Waals surface area contributed by atoms with E-state index >= 15 is 0 Å². The van der Waals surface area contributed by atoms with Gasteiger partial charge >= 0.3 is 6.09 Å². The number of rotatable bonds is 4. The van der Waals surface area contributed by atoms with Crippen molar-refractivity contribution in [2.24, 2.45) is 0 Å². The first kappa shape index (κ1) is 14.0. The molecule has 1 aromatic rings. The first-order valence-corrected chi connectivity index (χ1v) is 5.72. The third-order valence-corrected chi connectivity index (χ3v) is 2.45. The van der Waals surface area contributed by atoms with Gasteiger partial charge in [-0.15, -0.1) is 0 Å². The fraction of sp³-hybridized carbons (Fsp3) is 0.385. The minimum Gasteiger partial charge on any atom is -0.450 e. The average molecular weight is 250 g/mol. The molecule has 0 unspecified atom stereocenters. The summed E-state index contributed by atoms with van der Waals surface area (Å²) in [6.07, 6.45) is -0.469. The molecule has 0 fully saturated rings. The fourth-order valence-electron chi connectivity index (χ4n) is 1.47. The summed E-state index contributed by atoms with van der Waals surface area (Å²) in [6.45, 7) is 4.35. The standard InChI is InChI=1S/C13H15FN2O2/c1-3-16(13(17)18-4-2)9-11-6-5-10(8-15)7-12(11)14/h5-7H,3-4,9H2,1-2H3. The van der Waals surface area contributed by atoms with Crippen LogP contribution >= 0.6 is 0 Å². The highest BCUT2D eigenvalue weighted by Gasteiger charge is 2.15. The summed E-state index contributed by atoms with van der Waals surface area (Å²) in [5.74, 6) is -0.489. The smallest absolute Gasteiger partial charge is 0.410 e. The SMILES string of the molecule is CCOC(=O)N(CC)Cc1ccc(C#N)cc1F. The van der Waals surface area contributed by atoms with Gasteiger partial charge in [-0.25, -0.2) is 9.18 Å². The predicted molar refractivity (Wildman–Crippen MR) is 64.2 cm³/mol. The fourth-order valence-corrected chi connectivity index (χ4v) is 1.47. The van der Waals surface area contributed by atoms with Crippen molar-refractivity contribution in [3.8, 4) is 6.07 Å². The Hall–Kier alpha value is -2.09. The lowest BCUT2D eigenvalue weighted by atomic mass is 10.1. The molecule has 18 heavy (non-hydrogen) atoms. The van der Waals surface area contributed by atoms with Crippen LogP contribution in [-0.4, -0.2) is 24.1 Å². The Morgan fingerprint density at radius 1 is 1.50 bits per heavy atom. The van der Waals surface area contributed by atoms with Gasteiger partial charge in [0, 0.05) is 12.1 Å². The van der Waals surface area contributed by atoms with Gasteiger partial charge in [0.2, 0.25) is 0 Å². The average Bonchev–Trinajstić information content (AvgIpc) is 2.37. The second-order valence-corrected chi connectivity index (χ2v) is 3.63. The van der Waals surface area contributed by atoms with Crippen LogP contribution in [0.15, 0.2) is 18.2 Å². The Morgan fingerprint density at radius 3 is 2.72 bits per heavy atom. The molecule has 0 atom stereocenters. The maximum absolute atomic E-state index is 13.7. The third kappa shape index (κ3) is 3.45. The molecular weight excluding hydrogens is 235 g/mol. The van der Waals surface area contributed by atoms with Crippen LogP contribution < -0.4 is 0 Å². The van der Waals surface area contributed by atoms with Crippen molar-refractivity contribution >= 4 is 6.09 Å². The van der Waals surface area contributed by atoms with Crippen LogP contribution in [0.5, 0.6) is 0 Å². The van der Waals surface area contributed by atoms with E-state index in [1.54, 1.807) is 13.8 Å². The Kier molecular flexibility index (Phi) is 5.12. The molecule has 0 spiro atoms. The van der Waals surface area contributed by atoms with Gasteiger partial charge in [-0.2, -0.15) is 5.26 Å². The monoisotopic (exact) mass is 250 g/mol. The summed E-state index contributed by atoms with van der Waals surface area (Å²) >= 11 is 0. The molecule has 1 aromatic carbocycles. The molecule has 1 rings (SSSR count). The summed E-state index contributed by atoms with van der Waals surface area (Å²) < 4.78 is 18.5. The first-order valence-electron chi connectivity index (χ1n) is 5.72. The Labute approximate surface area is 106 Å². The molecule has 0 saturated heterocycles. The van der Waals surface area contributed by atoms with Crippen LogP contribution in [0.25, 0.3) is 0 Å². The number of amides is 1. The maximum Gasteiger partial charge on any atom is 0.410 e. The molecule has 0 aliphatic heterocycles. The van der Waals surface area contributed by atoms with E-state index in [4.69, 9.17) is 10.00 Å². The van der Waals surface area contributed by atoms with E-state index < -0.39 is 11.9 Å². The topological polar surface area (TPSA) is 53.3 Å². The minimum absolute atomic E-state index is 0.132. The summed E-state index contributed by atoms with van der Waals surface area (Å²) in [7, 11) is 0. The number of hydrogen-bond donors (Lipinski definition) is 0. The van der Waals surface area contributed by atoms with Crippen LogP contribution in [0.4, 0.5) is 9.18 Å². The van der Waals surface area contributed by atoms with Gasteiger partial charge < -0.3 is 9.64 Å². The van der Waals surface area contributed by atoms with E-state index in [9.17, 15) is 9.18 Å².